The van der Waals surface area contributed by atoms with Gasteiger partial charge in [0.2, 0.25) is 0 Å². The zero-order valence-electron chi connectivity index (χ0n) is 16.8. The number of rotatable bonds is 7. The van der Waals surface area contributed by atoms with Crippen molar-refractivity contribution in [2.24, 2.45) is 5.41 Å². The van der Waals surface area contributed by atoms with Crippen molar-refractivity contribution in [2.45, 2.75) is 66.5 Å². The Morgan fingerprint density at radius 1 is 1.30 bits per heavy atom. The van der Waals surface area contributed by atoms with E-state index in [0.717, 1.165) is 29.3 Å². The van der Waals surface area contributed by atoms with Crippen LogP contribution < -0.4 is 5.32 Å². The molecule has 0 aliphatic heterocycles. The van der Waals surface area contributed by atoms with E-state index in [1.807, 2.05) is 50.6 Å². The number of unbranched alkanes of at least 4 members (excludes halogenated alkanes) is 2. The molecule has 2 rings (SSSR count). The van der Waals surface area contributed by atoms with Crippen molar-refractivity contribution >= 4 is 22.6 Å². The van der Waals surface area contributed by atoms with E-state index >= 15 is 0 Å². The molecular weight excluding hydrogens is 340 g/mol. The zero-order chi connectivity index (χ0) is 20.2. The van der Waals surface area contributed by atoms with Gasteiger partial charge in [-0.25, -0.2) is 0 Å². The van der Waals surface area contributed by atoms with Gasteiger partial charge >= 0.3 is 0 Å². The number of carbonyl (C=O) groups is 2. The number of aryl methyl sites for hydroxylation is 2. The highest BCUT2D eigenvalue weighted by molar-refractivity contribution is 6.06. The lowest BCUT2D eigenvalue weighted by molar-refractivity contribution is -0.121. The summed E-state index contributed by atoms with van der Waals surface area (Å²) in [6, 6.07) is 7.47. The van der Waals surface area contributed by atoms with Gasteiger partial charge in [-0.1, -0.05) is 32.4 Å². The fraction of sp³-hybridized carbons (Fsp3) is 0.524. The third kappa shape index (κ3) is 4.94. The van der Waals surface area contributed by atoms with Crippen molar-refractivity contribution in [3.8, 4) is 6.07 Å². The molecule has 6 nitrogen and oxygen atoms in total. The SMILES string of the molecule is CC(=O)C(NC(=O)c1nn(CCCCC#N)c2ccc(C)cc12)C(C)(C)C. The Hall–Kier alpha value is -2.68. The van der Waals surface area contributed by atoms with E-state index in [-0.39, 0.29) is 17.1 Å². The maximum absolute atomic E-state index is 12.9. The van der Waals surface area contributed by atoms with Gasteiger partial charge in [0, 0.05) is 18.4 Å². The summed E-state index contributed by atoms with van der Waals surface area (Å²) in [7, 11) is 0. The quantitative estimate of drug-likeness (QED) is 0.754. The molecule has 144 valence electrons. The number of nitrogens with one attached hydrogen (secondary N) is 1. The first kappa shape index (κ1) is 20.6. The number of hydrogen-bond acceptors (Lipinski definition) is 4. The summed E-state index contributed by atoms with van der Waals surface area (Å²) in [5, 5.41) is 16.9. The number of Topliss-reactive ketones (excluding diaryl/α,β-unsaturated/α-hetero) is 1. The smallest absolute Gasteiger partial charge is 0.273 e. The number of ketones is 1. The molecule has 1 unspecified atom stereocenters. The highest BCUT2D eigenvalue weighted by Gasteiger charge is 2.31. The molecule has 0 saturated carbocycles. The molecule has 1 N–H and O–H groups in total. The molecule has 1 aromatic carbocycles. The minimum Gasteiger partial charge on any atom is -0.340 e. The minimum absolute atomic E-state index is 0.0766. The van der Waals surface area contributed by atoms with E-state index in [9.17, 15) is 9.59 Å². The molecule has 0 aliphatic carbocycles. The van der Waals surface area contributed by atoms with Crippen LogP contribution in [0.3, 0.4) is 0 Å². The zero-order valence-corrected chi connectivity index (χ0v) is 16.8. The summed E-state index contributed by atoms with van der Waals surface area (Å²) in [6.07, 6.45) is 2.12. The van der Waals surface area contributed by atoms with Gasteiger partial charge < -0.3 is 5.32 Å². The highest BCUT2D eigenvalue weighted by Crippen LogP contribution is 2.24. The number of fused-ring (bicyclic) bond motifs is 1. The molecule has 1 aromatic heterocycles. The Kier molecular flexibility index (Phi) is 6.37. The van der Waals surface area contributed by atoms with Gasteiger partial charge in [-0.2, -0.15) is 10.4 Å². The van der Waals surface area contributed by atoms with Crippen molar-refractivity contribution < 1.29 is 9.59 Å². The van der Waals surface area contributed by atoms with E-state index in [0.29, 0.717) is 18.7 Å². The average molecular weight is 368 g/mol. The van der Waals surface area contributed by atoms with Crippen molar-refractivity contribution in [3.63, 3.8) is 0 Å². The van der Waals surface area contributed by atoms with Gasteiger partial charge in [-0.3, -0.25) is 14.3 Å². The molecular formula is C21H28N4O2. The van der Waals surface area contributed by atoms with Crippen molar-refractivity contribution in [1.82, 2.24) is 15.1 Å². The van der Waals surface area contributed by atoms with Crippen molar-refractivity contribution in [1.29, 1.82) is 5.26 Å². The van der Waals surface area contributed by atoms with Crippen LogP contribution in [0.5, 0.6) is 0 Å². The average Bonchev–Trinajstić information content (AvgIpc) is 2.93. The second kappa shape index (κ2) is 8.34. The first-order valence-electron chi connectivity index (χ1n) is 9.30. The lowest BCUT2D eigenvalue weighted by Crippen LogP contribution is -2.48. The molecule has 0 fully saturated rings. The van der Waals surface area contributed by atoms with Crippen LogP contribution in [0.2, 0.25) is 0 Å². The number of benzene rings is 1. The van der Waals surface area contributed by atoms with Gasteiger partial charge in [0.25, 0.3) is 5.91 Å². The Labute approximate surface area is 160 Å². The van der Waals surface area contributed by atoms with E-state index < -0.39 is 6.04 Å². The molecule has 1 heterocycles. The summed E-state index contributed by atoms with van der Waals surface area (Å²) in [6.45, 7) is 9.88. The van der Waals surface area contributed by atoms with Crippen LogP contribution in [0.25, 0.3) is 10.9 Å². The lowest BCUT2D eigenvalue weighted by Gasteiger charge is -2.29. The van der Waals surface area contributed by atoms with Crippen LogP contribution >= 0.6 is 0 Å². The Bertz CT molecular complexity index is 884. The van der Waals surface area contributed by atoms with E-state index in [4.69, 9.17) is 5.26 Å². The maximum Gasteiger partial charge on any atom is 0.273 e. The Morgan fingerprint density at radius 3 is 2.59 bits per heavy atom. The predicted molar refractivity (Wildman–Crippen MR) is 105 cm³/mol. The van der Waals surface area contributed by atoms with Gasteiger partial charge in [0.1, 0.15) is 0 Å². The molecule has 27 heavy (non-hydrogen) atoms. The number of hydrogen-bond donors (Lipinski definition) is 1. The highest BCUT2D eigenvalue weighted by atomic mass is 16.2. The van der Waals surface area contributed by atoms with Crippen LogP contribution in [0.15, 0.2) is 18.2 Å². The van der Waals surface area contributed by atoms with Crippen molar-refractivity contribution in [2.75, 3.05) is 0 Å². The number of amides is 1. The second-order valence-corrected chi connectivity index (χ2v) is 8.09. The number of nitriles is 1. The van der Waals surface area contributed by atoms with Crippen LogP contribution in [0.1, 0.15) is 63.0 Å². The largest absolute Gasteiger partial charge is 0.340 e. The fourth-order valence-corrected chi connectivity index (χ4v) is 3.22. The monoisotopic (exact) mass is 368 g/mol. The van der Waals surface area contributed by atoms with Gasteiger partial charge in [0.05, 0.1) is 17.6 Å². The van der Waals surface area contributed by atoms with E-state index in [1.54, 1.807) is 0 Å². The number of aromatic nitrogens is 2. The Balaban J connectivity index is 2.36. The van der Waals surface area contributed by atoms with Crippen LogP contribution in [0.4, 0.5) is 0 Å². The summed E-state index contributed by atoms with van der Waals surface area (Å²) in [4.78, 5) is 25.0. The number of nitrogens with zero attached hydrogens (tertiary/aromatic N) is 3. The second-order valence-electron chi connectivity index (χ2n) is 8.09. The molecule has 1 atom stereocenters. The first-order chi connectivity index (χ1) is 12.6. The third-order valence-electron chi connectivity index (χ3n) is 4.58. The van der Waals surface area contributed by atoms with Crippen molar-refractivity contribution in [3.05, 3.63) is 29.5 Å². The predicted octanol–water partition coefficient (Wildman–Crippen LogP) is 3.77. The third-order valence-corrected chi connectivity index (χ3v) is 4.58. The molecule has 0 saturated heterocycles. The number of carbonyl (C=O) groups excluding carboxylic acids is 2. The van der Waals surface area contributed by atoms with Gasteiger partial charge in [0.15, 0.2) is 11.5 Å². The fourth-order valence-electron chi connectivity index (χ4n) is 3.22. The summed E-state index contributed by atoms with van der Waals surface area (Å²) < 4.78 is 1.82. The van der Waals surface area contributed by atoms with E-state index in [2.05, 4.69) is 16.5 Å². The first-order valence-corrected chi connectivity index (χ1v) is 9.30. The summed E-state index contributed by atoms with van der Waals surface area (Å²) in [5.74, 6) is -0.413. The van der Waals surface area contributed by atoms with Gasteiger partial charge in [-0.15, -0.1) is 0 Å². The topological polar surface area (TPSA) is 87.8 Å². The normalized spacial score (nSPS) is 12.6. The molecule has 0 bridgehead atoms. The van der Waals surface area contributed by atoms with Gasteiger partial charge in [-0.05, 0) is 44.2 Å². The molecule has 6 heteroatoms. The molecule has 0 aliphatic rings. The van der Waals surface area contributed by atoms with E-state index in [1.165, 1.54) is 6.92 Å². The molecule has 0 radical (unpaired) electrons. The molecule has 2 aromatic rings. The molecule has 1 amide bonds. The summed E-state index contributed by atoms with van der Waals surface area (Å²) in [5.41, 5.74) is 1.88. The Morgan fingerprint density at radius 2 is 2.00 bits per heavy atom. The molecule has 0 spiro atoms. The summed E-state index contributed by atoms with van der Waals surface area (Å²) >= 11 is 0. The standard InChI is InChI=1S/C21H28N4O2/c1-14-9-10-17-16(13-14)18(24-25(17)12-8-6-7-11-22)20(27)23-19(15(2)26)21(3,4)5/h9-10,13,19H,6-8,12H2,1-5H3,(H,23,27). The van der Waals surface area contributed by atoms with Crippen LogP contribution in [0, 0.1) is 23.7 Å². The lowest BCUT2D eigenvalue weighted by atomic mass is 9.84. The maximum atomic E-state index is 12.9. The van der Waals surface area contributed by atoms with Crippen LogP contribution in [-0.4, -0.2) is 27.5 Å². The van der Waals surface area contributed by atoms with Crippen LogP contribution in [-0.2, 0) is 11.3 Å². The minimum atomic E-state index is -0.578.